The molecule has 2 aliphatic heterocycles. The lowest BCUT2D eigenvalue weighted by atomic mass is 9.96. The number of thiazole rings is 1. The second-order valence-electron chi connectivity index (χ2n) is 9.38. The lowest BCUT2D eigenvalue weighted by Gasteiger charge is -2.36. The molecule has 0 bridgehead atoms. The number of likely N-dealkylation sites (tertiary alicyclic amines) is 1. The standard InChI is InChI=1S/C24H29F3N6O3S/c1-31-11-12-32(2)19(13-31)21(35)30-29-20(34)18-14-37-22(28-18)15-7-9-33(10-8-15)23(36)16-5-3-4-6-17(16)24(25,26)27/h3-6,14-15,19H,7-13H2,1-2H3,(H,29,34)(H,30,35). The third-order valence-electron chi connectivity index (χ3n) is 6.80. The first-order valence-electron chi connectivity index (χ1n) is 11.9. The van der Waals surface area contributed by atoms with Crippen molar-refractivity contribution in [2.24, 2.45) is 0 Å². The first kappa shape index (κ1) is 27.0. The lowest BCUT2D eigenvalue weighted by Crippen LogP contribution is -2.59. The minimum atomic E-state index is -4.61. The zero-order valence-electron chi connectivity index (χ0n) is 20.5. The summed E-state index contributed by atoms with van der Waals surface area (Å²) in [6.45, 7) is 2.74. The molecule has 1 unspecified atom stereocenters. The van der Waals surface area contributed by atoms with E-state index in [9.17, 15) is 27.6 Å². The molecule has 2 N–H and O–H groups in total. The number of rotatable bonds is 4. The Morgan fingerprint density at radius 1 is 1.03 bits per heavy atom. The molecule has 2 aliphatic rings. The summed E-state index contributed by atoms with van der Waals surface area (Å²) in [5, 5.41) is 2.32. The van der Waals surface area contributed by atoms with E-state index >= 15 is 0 Å². The molecule has 2 saturated heterocycles. The molecular formula is C24H29F3N6O3S. The summed E-state index contributed by atoms with van der Waals surface area (Å²) in [4.78, 5) is 47.7. The minimum absolute atomic E-state index is 0.0190. The van der Waals surface area contributed by atoms with E-state index in [4.69, 9.17) is 0 Å². The fraction of sp³-hybridized carbons (Fsp3) is 0.500. The number of hydrogen-bond donors (Lipinski definition) is 2. The van der Waals surface area contributed by atoms with E-state index in [0.29, 0.717) is 24.4 Å². The molecule has 0 saturated carbocycles. The van der Waals surface area contributed by atoms with Crippen LogP contribution < -0.4 is 10.9 Å². The van der Waals surface area contributed by atoms with E-state index < -0.39 is 23.6 Å². The number of hydrogen-bond acceptors (Lipinski definition) is 7. The highest BCUT2D eigenvalue weighted by molar-refractivity contribution is 7.09. The van der Waals surface area contributed by atoms with Crippen LogP contribution in [0.25, 0.3) is 0 Å². The molecule has 0 aliphatic carbocycles. The molecule has 1 aromatic carbocycles. The van der Waals surface area contributed by atoms with Gasteiger partial charge in [0.15, 0.2) is 0 Å². The van der Waals surface area contributed by atoms with E-state index in [1.165, 1.54) is 34.4 Å². The van der Waals surface area contributed by atoms with Gasteiger partial charge in [0.1, 0.15) is 11.7 Å². The van der Waals surface area contributed by atoms with E-state index in [1.807, 2.05) is 23.9 Å². The van der Waals surface area contributed by atoms with Crippen molar-refractivity contribution in [1.82, 2.24) is 30.5 Å². The normalized spacial score (nSPS) is 20.0. The number of nitrogens with zero attached hydrogens (tertiary/aromatic N) is 4. The predicted molar refractivity (Wildman–Crippen MR) is 131 cm³/mol. The number of benzene rings is 1. The van der Waals surface area contributed by atoms with Crippen LogP contribution in [0.15, 0.2) is 29.6 Å². The first-order chi connectivity index (χ1) is 17.5. The van der Waals surface area contributed by atoms with Crippen LogP contribution in [0.5, 0.6) is 0 Å². The number of amides is 3. The van der Waals surface area contributed by atoms with Crippen LogP contribution >= 0.6 is 11.3 Å². The largest absolute Gasteiger partial charge is 0.417 e. The van der Waals surface area contributed by atoms with Gasteiger partial charge < -0.3 is 9.80 Å². The van der Waals surface area contributed by atoms with Gasteiger partial charge in [0, 0.05) is 44.0 Å². The maximum atomic E-state index is 13.3. The number of carbonyl (C=O) groups excluding carboxylic acids is 3. The van der Waals surface area contributed by atoms with E-state index in [-0.39, 0.29) is 42.2 Å². The van der Waals surface area contributed by atoms with Crippen molar-refractivity contribution >= 4 is 29.1 Å². The number of hydrazine groups is 1. The second kappa shape index (κ2) is 11.2. The minimum Gasteiger partial charge on any atom is -0.339 e. The van der Waals surface area contributed by atoms with Crippen LogP contribution in [-0.4, -0.2) is 90.3 Å². The highest BCUT2D eigenvalue weighted by Crippen LogP contribution is 2.34. The number of likely N-dealkylation sites (N-methyl/N-ethyl adjacent to an activating group) is 2. The number of aromatic nitrogens is 1. The van der Waals surface area contributed by atoms with Gasteiger partial charge in [-0.15, -0.1) is 11.3 Å². The Morgan fingerprint density at radius 3 is 2.43 bits per heavy atom. The third-order valence-corrected chi connectivity index (χ3v) is 7.81. The average molecular weight is 539 g/mol. The highest BCUT2D eigenvalue weighted by atomic mass is 32.1. The van der Waals surface area contributed by atoms with E-state index in [1.54, 1.807) is 5.38 Å². The van der Waals surface area contributed by atoms with Gasteiger partial charge in [-0.1, -0.05) is 12.1 Å². The van der Waals surface area contributed by atoms with Crippen LogP contribution in [0.1, 0.15) is 50.2 Å². The summed E-state index contributed by atoms with van der Waals surface area (Å²) in [6, 6.07) is 4.43. The monoisotopic (exact) mass is 538 g/mol. The summed E-state index contributed by atoms with van der Waals surface area (Å²) in [5.74, 6) is -1.49. The van der Waals surface area contributed by atoms with Gasteiger partial charge in [0.25, 0.3) is 17.7 Å². The fourth-order valence-corrected chi connectivity index (χ4v) is 5.53. The first-order valence-corrected chi connectivity index (χ1v) is 12.8. The van der Waals surface area contributed by atoms with Gasteiger partial charge in [0.2, 0.25) is 0 Å². The Bertz CT molecular complexity index is 1150. The third kappa shape index (κ3) is 6.28. The number of piperazine rings is 1. The van der Waals surface area contributed by atoms with Gasteiger partial charge in [-0.3, -0.25) is 30.1 Å². The molecule has 13 heteroatoms. The molecule has 3 heterocycles. The molecule has 200 valence electrons. The van der Waals surface area contributed by atoms with Crippen molar-refractivity contribution in [2.45, 2.75) is 31.0 Å². The van der Waals surface area contributed by atoms with Crippen LogP contribution in [0, 0.1) is 0 Å². The van der Waals surface area contributed by atoms with Gasteiger partial charge in [-0.05, 0) is 39.1 Å². The Hall–Kier alpha value is -3.03. The smallest absolute Gasteiger partial charge is 0.339 e. The average Bonchev–Trinajstić information content (AvgIpc) is 3.38. The van der Waals surface area contributed by atoms with Crippen LogP contribution in [-0.2, 0) is 11.0 Å². The number of halogens is 3. The quantitative estimate of drug-likeness (QED) is 0.580. The van der Waals surface area contributed by atoms with E-state index in [0.717, 1.165) is 19.2 Å². The Kier molecular flexibility index (Phi) is 8.14. The number of alkyl halides is 3. The van der Waals surface area contributed by atoms with Gasteiger partial charge >= 0.3 is 6.18 Å². The maximum absolute atomic E-state index is 13.3. The molecule has 0 radical (unpaired) electrons. The van der Waals surface area contributed by atoms with Crippen molar-refractivity contribution in [3.8, 4) is 0 Å². The molecule has 0 spiro atoms. The van der Waals surface area contributed by atoms with Crippen molar-refractivity contribution in [2.75, 3.05) is 46.8 Å². The highest BCUT2D eigenvalue weighted by Gasteiger charge is 2.37. The maximum Gasteiger partial charge on any atom is 0.417 e. The van der Waals surface area contributed by atoms with Crippen LogP contribution in [0.2, 0.25) is 0 Å². The van der Waals surface area contributed by atoms with Gasteiger partial charge in [0.05, 0.1) is 16.1 Å². The molecule has 1 atom stereocenters. The molecule has 9 nitrogen and oxygen atoms in total. The van der Waals surface area contributed by atoms with Crippen molar-refractivity contribution in [3.05, 3.63) is 51.5 Å². The Balaban J connectivity index is 1.30. The Morgan fingerprint density at radius 2 is 1.73 bits per heavy atom. The predicted octanol–water partition coefficient (Wildman–Crippen LogP) is 2.19. The lowest BCUT2D eigenvalue weighted by molar-refractivity contribution is -0.138. The zero-order chi connectivity index (χ0) is 26.7. The molecular weight excluding hydrogens is 509 g/mol. The second-order valence-corrected chi connectivity index (χ2v) is 10.3. The summed E-state index contributed by atoms with van der Waals surface area (Å²) >= 11 is 1.31. The SMILES string of the molecule is CN1CCN(C)C(C(=O)NNC(=O)c2csc(C3CCN(C(=O)c4ccccc4C(F)(F)F)CC3)n2)C1. The summed E-state index contributed by atoms with van der Waals surface area (Å²) in [5.41, 5.74) is 3.78. The van der Waals surface area contributed by atoms with Crippen molar-refractivity contribution in [1.29, 1.82) is 0 Å². The summed E-state index contributed by atoms with van der Waals surface area (Å²) < 4.78 is 39.9. The number of carbonyl (C=O) groups is 3. The number of piperidine rings is 1. The van der Waals surface area contributed by atoms with Gasteiger partial charge in [-0.25, -0.2) is 4.98 Å². The topological polar surface area (TPSA) is 97.9 Å². The molecule has 4 rings (SSSR count). The summed E-state index contributed by atoms with van der Waals surface area (Å²) in [7, 11) is 3.80. The van der Waals surface area contributed by atoms with Crippen molar-refractivity contribution in [3.63, 3.8) is 0 Å². The molecule has 2 fully saturated rings. The van der Waals surface area contributed by atoms with Gasteiger partial charge in [-0.2, -0.15) is 13.2 Å². The molecule has 37 heavy (non-hydrogen) atoms. The summed E-state index contributed by atoms with van der Waals surface area (Å²) in [6.07, 6.45) is -3.57. The van der Waals surface area contributed by atoms with Crippen LogP contribution in [0.3, 0.4) is 0 Å². The Labute approximate surface area is 216 Å². The van der Waals surface area contributed by atoms with Crippen molar-refractivity contribution < 1.29 is 27.6 Å². The zero-order valence-corrected chi connectivity index (χ0v) is 21.4. The fourth-order valence-electron chi connectivity index (χ4n) is 4.56. The molecule has 2 aromatic rings. The van der Waals surface area contributed by atoms with E-state index in [2.05, 4.69) is 15.8 Å². The molecule has 1 aromatic heterocycles. The number of nitrogens with one attached hydrogen (secondary N) is 2. The van der Waals surface area contributed by atoms with Crippen LogP contribution in [0.4, 0.5) is 13.2 Å². The molecule has 3 amide bonds.